The molecule has 0 fully saturated rings. The molecule has 2 aromatic rings. The van der Waals surface area contributed by atoms with Crippen molar-refractivity contribution in [2.24, 2.45) is 5.73 Å². The Kier molecular flexibility index (Phi) is 4.83. The maximum absolute atomic E-state index is 6.37. The molecule has 0 amide bonds. The highest BCUT2D eigenvalue weighted by atomic mass is 79.9. The third-order valence-electron chi connectivity index (χ3n) is 3.38. The molecule has 0 saturated heterocycles. The summed E-state index contributed by atoms with van der Waals surface area (Å²) in [4.78, 5) is 4.41. The Bertz CT molecular complexity index is 644. The van der Waals surface area contributed by atoms with Crippen molar-refractivity contribution in [3.63, 3.8) is 0 Å². The zero-order valence-electron chi connectivity index (χ0n) is 11.6. The van der Waals surface area contributed by atoms with Crippen LogP contribution in [0.25, 0.3) is 0 Å². The molecule has 1 heterocycles. The summed E-state index contributed by atoms with van der Waals surface area (Å²) in [5, 5.41) is 0. The van der Waals surface area contributed by atoms with E-state index in [1.807, 2.05) is 19.1 Å². The third kappa shape index (κ3) is 2.90. The summed E-state index contributed by atoms with van der Waals surface area (Å²) in [6, 6.07) is 5.66. The minimum atomic E-state index is -0.341. The van der Waals surface area contributed by atoms with Crippen molar-refractivity contribution < 1.29 is 4.74 Å². The normalized spacial score (nSPS) is 12.3. The molecule has 0 spiro atoms. The van der Waals surface area contributed by atoms with Gasteiger partial charge in [-0.2, -0.15) is 0 Å². The Balaban J connectivity index is 2.53. The summed E-state index contributed by atoms with van der Waals surface area (Å²) in [6.07, 6.45) is 1.74. The van der Waals surface area contributed by atoms with Gasteiger partial charge in [0, 0.05) is 20.7 Å². The molecule has 0 aliphatic rings. The van der Waals surface area contributed by atoms with Crippen LogP contribution in [0.2, 0.25) is 0 Å². The molecule has 0 aliphatic heterocycles. The van der Waals surface area contributed by atoms with Crippen molar-refractivity contribution in [1.82, 2.24) is 4.98 Å². The van der Waals surface area contributed by atoms with Gasteiger partial charge in [-0.15, -0.1) is 0 Å². The van der Waals surface area contributed by atoms with E-state index in [0.29, 0.717) is 0 Å². The van der Waals surface area contributed by atoms with Gasteiger partial charge >= 0.3 is 0 Å². The second-order valence-corrected chi connectivity index (χ2v) is 6.40. The second-order valence-electron chi connectivity index (χ2n) is 4.63. The summed E-state index contributed by atoms with van der Waals surface area (Å²) in [5.41, 5.74) is 10.4. The van der Waals surface area contributed by atoms with Gasteiger partial charge in [0.15, 0.2) is 0 Å². The van der Waals surface area contributed by atoms with E-state index in [-0.39, 0.29) is 6.04 Å². The lowest BCUT2D eigenvalue weighted by atomic mass is 9.97. The minimum Gasteiger partial charge on any atom is -0.496 e. The monoisotopic (exact) mass is 398 g/mol. The lowest BCUT2D eigenvalue weighted by molar-refractivity contribution is 0.404. The molecule has 1 unspecified atom stereocenters. The van der Waals surface area contributed by atoms with Crippen molar-refractivity contribution in [1.29, 1.82) is 0 Å². The predicted molar refractivity (Wildman–Crippen MR) is 88.1 cm³/mol. The number of aromatic nitrogens is 1. The highest BCUT2D eigenvalue weighted by Gasteiger charge is 2.20. The first-order valence-electron chi connectivity index (χ1n) is 6.16. The number of rotatable bonds is 3. The average molecular weight is 400 g/mol. The molecule has 1 atom stereocenters. The highest BCUT2D eigenvalue weighted by molar-refractivity contribution is 9.11. The molecule has 3 nitrogen and oxygen atoms in total. The van der Waals surface area contributed by atoms with Crippen LogP contribution >= 0.6 is 31.9 Å². The van der Waals surface area contributed by atoms with Crippen LogP contribution in [0, 0.1) is 13.8 Å². The molecule has 0 radical (unpaired) electrons. The zero-order valence-corrected chi connectivity index (χ0v) is 14.7. The summed E-state index contributed by atoms with van der Waals surface area (Å²) in [6.45, 7) is 4.09. The van der Waals surface area contributed by atoms with Crippen molar-refractivity contribution in [3.05, 3.63) is 55.7 Å². The number of hydrogen-bond acceptors (Lipinski definition) is 3. The van der Waals surface area contributed by atoms with Crippen LogP contribution < -0.4 is 10.5 Å². The van der Waals surface area contributed by atoms with Gasteiger partial charge in [0.2, 0.25) is 0 Å². The maximum atomic E-state index is 6.37. The van der Waals surface area contributed by atoms with E-state index in [2.05, 4.69) is 49.8 Å². The van der Waals surface area contributed by atoms with Gasteiger partial charge in [0.25, 0.3) is 0 Å². The van der Waals surface area contributed by atoms with Gasteiger partial charge in [-0.25, -0.2) is 0 Å². The van der Waals surface area contributed by atoms with Crippen LogP contribution in [0.1, 0.15) is 28.4 Å². The molecular weight excluding hydrogens is 384 g/mol. The summed E-state index contributed by atoms with van der Waals surface area (Å²) in [5.74, 6) is 0.828. The quantitative estimate of drug-likeness (QED) is 0.837. The predicted octanol–water partition coefficient (Wildman–Crippen LogP) is 4.28. The number of ether oxygens (including phenoxy) is 1. The maximum Gasteiger partial charge on any atom is 0.127 e. The van der Waals surface area contributed by atoms with Gasteiger partial charge < -0.3 is 10.5 Å². The van der Waals surface area contributed by atoms with E-state index in [1.54, 1.807) is 13.3 Å². The fraction of sp³-hybridized carbons (Fsp3) is 0.267. The number of nitrogens with zero attached hydrogens (tertiary/aromatic N) is 1. The SMILES string of the molecule is COc1c(C(N)c2ncc(Br)cc2Br)ccc(C)c1C. The summed E-state index contributed by atoms with van der Waals surface area (Å²) >= 11 is 6.90. The second kappa shape index (κ2) is 6.24. The van der Waals surface area contributed by atoms with Crippen LogP contribution in [0.5, 0.6) is 5.75 Å². The Morgan fingerprint density at radius 3 is 2.55 bits per heavy atom. The van der Waals surface area contributed by atoms with Crippen LogP contribution in [-0.4, -0.2) is 12.1 Å². The number of nitrogens with two attached hydrogens (primary N) is 1. The Morgan fingerprint density at radius 2 is 1.95 bits per heavy atom. The minimum absolute atomic E-state index is 0.341. The summed E-state index contributed by atoms with van der Waals surface area (Å²) in [7, 11) is 1.67. The Hall–Kier alpha value is -0.910. The molecule has 0 aliphatic carbocycles. The zero-order chi connectivity index (χ0) is 14.9. The van der Waals surface area contributed by atoms with Gasteiger partial charge in [0.05, 0.1) is 18.8 Å². The lowest BCUT2D eigenvalue weighted by Crippen LogP contribution is -2.16. The van der Waals surface area contributed by atoms with Crippen LogP contribution in [0.15, 0.2) is 33.3 Å². The average Bonchev–Trinajstić information content (AvgIpc) is 2.41. The highest BCUT2D eigenvalue weighted by Crippen LogP contribution is 2.34. The van der Waals surface area contributed by atoms with Crippen LogP contribution in [0.3, 0.4) is 0 Å². The molecule has 5 heteroatoms. The first-order chi connectivity index (χ1) is 9.45. The molecule has 2 N–H and O–H groups in total. The number of aryl methyl sites for hydroxylation is 1. The van der Waals surface area contributed by atoms with Crippen LogP contribution in [0.4, 0.5) is 0 Å². The lowest BCUT2D eigenvalue weighted by Gasteiger charge is -2.19. The van der Waals surface area contributed by atoms with Crippen molar-refractivity contribution in [2.45, 2.75) is 19.9 Å². The first kappa shape index (κ1) is 15.5. The third-order valence-corrected chi connectivity index (χ3v) is 4.45. The summed E-state index contributed by atoms with van der Waals surface area (Å²) < 4.78 is 7.32. The molecule has 0 saturated carbocycles. The number of halogens is 2. The van der Waals surface area contributed by atoms with Crippen molar-refractivity contribution >= 4 is 31.9 Å². The van der Waals surface area contributed by atoms with E-state index in [9.17, 15) is 0 Å². The van der Waals surface area contributed by atoms with E-state index < -0.39 is 0 Å². The van der Waals surface area contributed by atoms with E-state index in [0.717, 1.165) is 31.5 Å². The molecule has 0 bridgehead atoms. The Labute approximate surface area is 135 Å². The number of methoxy groups -OCH3 is 1. The molecule has 2 rings (SSSR count). The van der Waals surface area contributed by atoms with Crippen molar-refractivity contribution in [3.8, 4) is 5.75 Å². The number of pyridine rings is 1. The largest absolute Gasteiger partial charge is 0.496 e. The number of benzene rings is 1. The molecule has 20 heavy (non-hydrogen) atoms. The number of hydrogen-bond donors (Lipinski definition) is 1. The standard InChI is InChI=1S/C15H16Br2N2O/c1-8-4-5-11(15(20-3)9(8)2)13(18)14-12(17)6-10(16)7-19-14/h4-7,13H,18H2,1-3H3. The molecule has 1 aromatic heterocycles. The van der Waals surface area contributed by atoms with Crippen molar-refractivity contribution in [2.75, 3.05) is 7.11 Å². The smallest absolute Gasteiger partial charge is 0.127 e. The Morgan fingerprint density at radius 1 is 1.25 bits per heavy atom. The van der Waals surface area contributed by atoms with Gasteiger partial charge in [-0.05, 0) is 62.9 Å². The molecule has 106 valence electrons. The fourth-order valence-electron chi connectivity index (χ4n) is 2.13. The van der Waals surface area contributed by atoms with E-state index in [4.69, 9.17) is 10.5 Å². The molecule has 1 aromatic carbocycles. The van der Waals surface area contributed by atoms with Gasteiger partial charge in [0.1, 0.15) is 5.75 Å². The van der Waals surface area contributed by atoms with Gasteiger partial charge in [-0.1, -0.05) is 12.1 Å². The first-order valence-corrected chi connectivity index (χ1v) is 7.75. The van der Waals surface area contributed by atoms with E-state index >= 15 is 0 Å². The van der Waals surface area contributed by atoms with Gasteiger partial charge in [-0.3, -0.25) is 4.98 Å². The molecular formula is C15H16Br2N2O. The van der Waals surface area contributed by atoms with E-state index in [1.165, 1.54) is 5.56 Å². The van der Waals surface area contributed by atoms with Crippen LogP contribution in [-0.2, 0) is 0 Å². The fourth-order valence-corrected chi connectivity index (χ4v) is 3.36. The topological polar surface area (TPSA) is 48.1 Å².